The van der Waals surface area contributed by atoms with Gasteiger partial charge in [0.05, 0.1) is 12.0 Å². The van der Waals surface area contributed by atoms with Crippen molar-refractivity contribution >= 4 is 22.7 Å². The molecule has 6 heteroatoms. The first-order valence-electron chi connectivity index (χ1n) is 9.62. The fourth-order valence-electron chi connectivity index (χ4n) is 2.45. The van der Waals surface area contributed by atoms with E-state index in [0.717, 1.165) is 18.4 Å². The monoisotopic (exact) mass is 405 g/mol. The number of nitrogens with one attached hydrogen (secondary N) is 1. The van der Waals surface area contributed by atoms with Crippen LogP contribution in [0, 0.1) is 6.92 Å². The van der Waals surface area contributed by atoms with Gasteiger partial charge in [0.1, 0.15) is 23.2 Å². The van der Waals surface area contributed by atoms with Gasteiger partial charge in [-0.1, -0.05) is 61.8 Å². The Hall–Kier alpha value is -2.05. The molecule has 0 fully saturated rings. The maximum absolute atomic E-state index is 12.6. The lowest BCUT2D eigenvalue weighted by atomic mass is 10.1. The van der Waals surface area contributed by atoms with Gasteiger partial charge in [-0.05, 0) is 31.9 Å². The number of allylic oxidation sites excluding steroid dienone is 3. The van der Waals surface area contributed by atoms with Gasteiger partial charge in [-0.2, -0.15) is 0 Å². The third-order valence-electron chi connectivity index (χ3n) is 4.08. The highest BCUT2D eigenvalue weighted by Crippen LogP contribution is 2.09. The number of Topliss-reactive ketones (excluding diaryl/α,β-unsaturated/α-hetero) is 1. The van der Waals surface area contributed by atoms with E-state index in [-0.39, 0.29) is 18.6 Å². The molecule has 154 valence electrons. The van der Waals surface area contributed by atoms with Gasteiger partial charge < -0.3 is 4.74 Å². The van der Waals surface area contributed by atoms with Gasteiger partial charge in [-0.25, -0.2) is 8.93 Å². The van der Waals surface area contributed by atoms with Crippen LogP contribution in [0.5, 0.6) is 0 Å². The van der Waals surface area contributed by atoms with Crippen molar-refractivity contribution in [3.63, 3.8) is 0 Å². The van der Waals surface area contributed by atoms with Crippen molar-refractivity contribution in [2.75, 3.05) is 7.11 Å². The highest BCUT2D eigenvalue weighted by molar-refractivity contribution is 7.83. The van der Waals surface area contributed by atoms with E-state index >= 15 is 0 Å². The largest absolute Gasteiger partial charge is 0.469 e. The molecule has 0 bridgehead atoms. The molecule has 0 aromatic heterocycles. The fraction of sp³-hybridized carbons (Fsp3) is 0.455. The van der Waals surface area contributed by atoms with Crippen molar-refractivity contribution in [1.82, 2.24) is 4.72 Å². The molecule has 0 aliphatic carbocycles. The second-order valence-corrected chi connectivity index (χ2v) is 7.86. The van der Waals surface area contributed by atoms with Crippen molar-refractivity contribution in [1.29, 1.82) is 0 Å². The summed E-state index contributed by atoms with van der Waals surface area (Å²) in [6.45, 7) is 4.13. The molecule has 1 aromatic rings. The van der Waals surface area contributed by atoms with Crippen molar-refractivity contribution in [2.45, 2.75) is 63.3 Å². The van der Waals surface area contributed by atoms with Crippen molar-refractivity contribution < 1.29 is 18.5 Å². The molecule has 0 saturated carbocycles. The summed E-state index contributed by atoms with van der Waals surface area (Å²) in [5, 5.41) is 0. The van der Waals surface area contributed by atoms with Gasteiger partial charge in [-0.3, -0.25) is 9.59 Å². The summed E-state index contributed by atoms with van der Waals surface area (Å²) >= 11 is 0. The van der Waals surface area contributed by atoms with Gasteiger partial charge in [0.2, 0.25) is 0 Å². The van der Waals surface area contributed by atoms with Gasteiger partial charge in [-0.15, -0.1) is 0 Å². The van der Waals surface area contributed by atoms with Gasteiger partial charge in [0.15, 0.2) is 0 Å². The van der Waals surface area contributed by atoms with Crippen molar-refractivity contribution in [3.05, 3.63) is 54.1 Å². The van der Waals surface area contributed by atoms with Crippen molar-refractivity contribution in [2.24, 2.45) is 0 Å². The first kappa shape index (κ1) is 24.0. The molecule has 0 saturated heterocycles. The Morgan fingerprint density at radius 1 is 1.18 bits per heavy atom. The van der Waals surface area contributed by atoms with E-state index in [1.54, 1.807) is 18.2 Å². The van der Waals surface area contributed by atoms with Crippen LogP contribution in [0.15, 0.2) is 53.5 Å². The average Bonchev–Trinajstić information content (AvgIpc) is 2.67. The predicted octanol–water partition coefficient (Wildman–Crippen LogP) is 4.19. The first-order chi connectivity index (χ1) is 13.5. The highest BCUT2D eigenvalue weighted by atomic mass is 32.2. The van der Waals surface area contributed by atoms with E-state index in [9.17, 15) is 13.8 Å². The Kier molecular flexibility index (Phi) is 12.0. The lowest BCUT2D eigenvalue weighted by molar-refractivity contribution is -0.143. The number of aryl methyl sites for hydroxylation is 1. The SMILES string of the molecule is CCCCC/C=C\C=C\[C@@H](CC(=O)CC(=O)OC)N[S@@](=O)c1ccc(C)cc1. The predicted molar refractivity (Wildman–Crippen MR) is 113 cm³/mol. The van der Waals surface area contributed by atoms with E-state index in [4.69, 9.17) is 0 Å². The van der Waals surface area contributed by atoms with Gasteiger partial charge in [0.25, 0.3) is 0 Å². The molecular formula is C22H31NO4S. The maximum Gasteiger partial charge on any atom is 0.313 e. The molecule has 1 rings (SSSR count). The summed E-state index contributed by atoms with van der Waals surface area (Å²) in [5.74, 6) is -0.829. The number of carbonyl (C=O) groups excluding carboxylic acids is 2. The number of rotatable bonds is 13. The molecule has 28 heavy (non-hydrogen) atoms. The van der Waals surface area contributed by atoms with Crippen LogP contribution in [0.1, 0.15) is 51.0 Å². The minimum Gasteiger partial charge on any atom is -0.469 e. The number of ketones is 1. The standard InChI is InChI=1S/C22H31NO4S/c1-4-5-6-7-8-9-10-11-19(16-20(24)17-22(25)27-3)23-28(26)21-14-12-18(2)13-15-21/h8-15,19,23H,4-7,16-17H2,1-3H3/b9-8-,11-10+/t19-,28-/m0/s1. The second-order valence-electron chi connectivity index (χ2n) is 6.61. The number of esters is 1. The number of hydrogen-bond acceptors (Lipinski definition) is 4. The molecule has 5 nitrogen and oxygen atoms in total. The minimum absolute atomic E-state index is 0.0624. The molecule has 0 aliphatic rings. The molecular weight excluding hydrogens is 374 g/mol. The molecule has 1 aromatic carbocycles. The van der Waals surface area contributed by atoms with E-state index in [1.807, 2.05) is 31.2 Å². The molecule has 0 aliphatic heterocycles. The third-order valence-corrected chi connectivity index (χ3v) is 5.29. The smallest absolute Gasteiger partial charge is 0.313 e. The van der Waals surface area contributed by atoms with Gasteiger partial charge in [0, 0.05) is 12.5 Å². The number of carbonyl (C=O) groups is 2. The quantitative estimate of drug-likeness (QED) is 0.231. The van der Waals surface area contributed by atoms with E-state index < -0.39 is 23.0 Å². The molecule has 1 N–H and O–H groups in total. The summed E-state index contributed by atoms with van der Waals surface area (Å²) in [6.07, 6.45) is 12.0. The number of methoxy groups -OCH3 is 1. The van der Waals surface area contributed by atoms with Crippen molar-refractivity contribution in [3.8, 4) is 0 Å². The number of unbranched alkanes of at least 4 members (excludes halogenated alkanes) is 3. The highest BCUT2D eigenvalue weighted by Gasteiger charge is 2.17. The summed E-state index contributed by atoms with van der Waals surface area (Å²) in [5.41, 5.74) is 1.08. The summed E-state index contributed by atoms with van der Waals surface area (Å²) in [7, 11) is -0.207. The Morgan fingerprint density at radius 3 is 2.54 bits per heavy atom. The van der Waals surface area contributed by atoms with Crippen LogP contribution < -0.4 is 4.72 Å². The Morgan fingerprint density at radius 2 is 1.89 bits per heavy atom. The second kappa shape index (κ2) is 14.0. The molecule has 2 atom stereocenters. The fourth-order valence-corrected chi connectivity index (χ4v) is 3.41. The van der Waals surface area contributed by atoms with Crippen LogP contribution >= 0.6 is 0 Å². The van der Waals surface area contributed by atoms with Crippen LogP contribution in [-0.2, 0) is 25.3 Å². The average molecular weight is 406 g/mol. The molecule has 0 amide bonds. The summed E-state index contributed by atoms with van der Waals surface area (Å²) in [4.78, 5) is 24.1. The third kappa shape index (κ3) is 10.3. The van der Waals surface area contributed by atoms with E-state index in [0.29, 0.717) is 4.90 Å². The zero-order chi connectivity index (χ0) is 20.8. The number of ether oxygens (including phenoxy) is 1. The van der Waals surface area contributed by atoms with Crippen LogP contribution in [0.2, 0.25) is 0 Å². The van der Waals surface area contributed by atoms with E-state index in [2.05, 4.69) is 22.5 Å². The number of hydrogen-bond donors (Lipinski definition) is 1. The summed E-state index contributed by atoms with van der Waals surface area (Å²) in [6, 6.07) is 6.92. The lowest BCUT2D eigenvalue weighted by Gasteiger charge is -2.14. The Bertz CT molecular complexity index is 695. The zero-order valence-corrected chi connectivity index (χ0v) is 17.8. The summed E-state index contributed by atoms with van der Waals surface area (Å²) < 4.78 is 20.1. The zero-order valence-electron chi connectivity index (χ0n) is 17.0. The molecule has 0 spiro atoms. The minimum atomic E-state index is -1.46. The topological polar surface area (TPSA) is 72.5 Å². The van der Waals surface area contributed by atoms with Crippen LogP contribution in [0.4, 0.5) is 0 Å². The molecule has 0 heterocycles. The van der Waals surface area contributed by atoms with Crippen LogP contribution in [0.3, 0.4) is 0 Å². The normalized spacial score (nSPS) is 13.7. The Labute approximate surface area is 170 Å². The van der Waals surface area contributed by atoms with Gasteiger partial charge >= 0.3 is 5.97 Å². The van der Waals surface area contributed by atoms with E-state index in [1.165, 1.54) is 20.0 Å². The first-order valence-corrected chi connectivity index (χ1v) is 10.8. The van der Waals surface area contributed by atoms with Crippen LogP contribution in [-0.4, -0.2) is 29.1 Å². The maximum atomic E-state index is 12.6. The Balaban J connectivity index is 2.73. The van der Waals surface area contributed by atoms with Crippen LogP contribution in [0.25, 0.3) is 0 Å². The molecule has 0 radical (unpaired) electrons. The lowest BCUT2D eigenvalue weighted by Crippen LogP contribution is -2.32. The molecule has 0 unspecified atom stereocenters. The number of benzene rings is 1.